The summed E-state index contributed by atoms with van der Waals surface area (Å²) in [6.07, 6.45) is 8.26. The Balaban J connectivity index is 1.26. The number of para-hydroxylation sites is 3. The van der Waals surface area contributed by atoms with E-state index < -0.39 is 0 Å². The van der Waals surface area contributed by atoms with E-state index >= 15 is 0 Å². The summed E-state index contributed by atoms with van der Waals surface area (Å²) in [4.78, 5) is 15.7. The third kappa shape index (κ3) is 5.21. The highest BCUT2D eigenvalue weighted by Gasteiger charge is 2.22. The van der Waals surface area contributed by atoms with Crippen LogP contribution in [0.5, 0.6) is 0 Å². The summed E-state index contributed by atoms with van der Waals surface area (Å²) in [6, 6.07) is 49.7. The van der Waals surface area contributed by atoms with E-state index in [2.05, 4.69) is 91.0 Å². The van der Waals surface area contributed by atoms with Gasteiger partial charge in [0.15, 0.2) is 17.5 Å². The van der Waals surface area contributed by atoms with Gasteiger partial charge in [0.05, 0.1) is 0 Å². The largest absolute Gasteiger partial charge is 0.456 e. The van der Waals surface area contributed by atoms with Crippen LogP contribution in [0, 0.1) is 0 Å². The Morgan fingerprint density at radius 2 is 1.09 bits per heavy atom. The lowest BCUT2D eigenvalue weighted by Gasteiger charge is -2.13. The smallest absolute Gasteiger partial charge is 0.164 e. The predicted molar refractivity (Wildman–Crippen MR) is 217 cm³/mol. The topological polar surface area (TPSA) is 65.0 Å². The van der Waals surface area contributed by atoms with E-state index in [-0.39, 0.29) is 0 Å². The molecule has 53 heavy (non-hydrogen) atoms. The van der Waals surface area contributed by atoms with Crippen molar-refractivity contribution in [3.8, 4) is 45.3 Å². The SMILES string of the molecule is C/C=C\C=C/c1ccc(-c2nc(-c3ccccc3)nc(-c3cc(-c4cccc5c4oc4ccccc45)cc4oc5ccccc5c34)n2)c2ccccc12. The monoisotopic (exact) mass is 681 g/mol. The molecule has 5 heteroatoms. The highest BCUT2D eigenvalue weighted by Crippen LogP contribution is 2.43. The van der Waals surface area contributed by atoms with Crippen molar-refractivity contribution in [1.29, 1.82) is 0 Å². The number of furan rings is 2. The molecule has 0 spiro atoms. The normalized spacial score (nSPS) is 12.1. The lowest BCUT2D eigenvalue weighted by Crippen LogP contribution is -2.01. The molecule has 0 aliphatic rings. The van der Waals surface area contributed by atoms with Crippen molar-refractivity contribution in [2.45, 2.75) is 6.92 Å². The van der Waals surface area contributed by atoms with Crippen molar-refractivity contribution in [2.24, 2.45) is 0 Å². The van der Waals surface area contributed by atoms with Crippen LogP contribution >= 0.6 is 0 Å². The fourth-order valence-electron chi connectivity index (χ4n) is 7.43. The van der Waals surface area contributed by atoms with Crippen molar-refractivity contribution >= 4 is 60.7 Å². The minimum absolute atomic E-state index is 0.560. The van der Waals surface area contributed by atoms with Gasteiger partial charge in [-0.1, -0.05) is 140 Å². The van der Waals surface area contributed by atoms with Gasteiger partial charge in [-0.3, -0.25) is 0 Å². The number of allylic oxidation sites excluding steroid dienone is 3. The molecule has 0 N–H and O–H groups in total. The molecule has 0 aliphatic carbocycles. The zero-order valence-corrected chi connectivity index (χ0v) is 28.8. The molecule has 7 aromatic carbocycles. The maximum atomic E-state index is 6.58. The van der Waals surface area contributed by atoms with Crippen LogP contribution in [0.3, 0.4) is 0 Å². The van der Waals surface area contributed by atoms with Crippen molar-refractivity contribution < 1.29 is 8.83 Å². The molecule has 10 rings (SSSR count). The standard InChI is InChI=1S/C48H31N3O2/c1-2-3-5-15-30-26-27-38(35-19-9-8-18-33(30)35)47-49-46(31-16-6-4-7-17-31)50-48(51-47)40-28-32(29-43-44(40)39-21-11-13-25-42(39)52-43)34-22-14-23-37-36-20-10-12-24-41(36)53-45(34)37/h2-29H,1H3/b3-2-,15-5-. The summed E-state index contributed by atoms with van der Waals surface area (Å²) in [5.41, 5.74) is 8.95. The molecule has 3 heterocycles. The molecule has 0 unspecified atom stereocenters. The molecule has 0 amide bonds. The van der Waals surface area contributed by atoms with Crippen LogP contribution in [0.25, 0.3) is 106 Å². The van der Waals surface area contributed by atoms with Gasteiger partial charge in [-0.25, -0.2) is 15.0 Å². The Morgan fingerprint density at radius 1 is 0.434 bits per heavy atom. The van der Waals surface area contributed by atoms with E-state index in [1.807, 2.05) is 85.8 Å². The highest BCUT2D eigenvalue weighted by atomic mass is 16.3. The van der Waals surface area contributed by atoms with Crippen molar-refractivity contribution in [3.05, 3.63) is 169 Å². The summed E-state index contributed by atoms with van der Waals surface area (Å²) in [5, 5.41) is 6.28. The first-order valence-corrected chi connectivity index (χ1v) is 17.7. The number of hydrogen-bond donors (Lipinski definition) is 0. The lowest BCUT2D eigenvalue weighted by molar-refractivity contribution is 0.668. The van der Waals surface area contributed by atoms with Gasteiger partial charge < -0.3 is 8.83 Å². The second-order valence-electron chi connectivity index (χ2n) is 13.1. The first-order chi connectivity index (χ1) is 26.2. The van der Waals surface area contributed by atoms with Gasteiger partial charge in [0, 0.05) is 43.8 Å². The summed E-state index contributed by atoms with van der Waals surface area (Å²) in [5.74, 6) is 1.75. The molecule has 5 nitrogen and oxygen atoms in total. The van der Waals surface area contributed by atoms with E-state index in [4.69, 9.17) is 23.8 Å². The molecule has 0 saturated carbocycles. The number of benzene rings is 7. The van der Waals surface area contributed by atoms with E-state index in [1.54, 1.807) is 0 Å². The van der Waals surface area contributed by atoms with Crippen LogP contribution in [-0.4, -0.2) is 15.0 Å². The number of rotatable bonds is 6. The molecule has 0 fully saturated rings. The number of nitrogens with zero attached hydrogens (tertiary/aromatic N) is 3. The quantitative estimate of drug-likeness (QED) is 0.163. The van der Waals surface area contributed by atoms with Gasteiger partial charge >= 0.3 is 0 Å². The van der Waals surface area contributed by atoms with Crippen molar-refractivity contribution in [1.82, 2.24) is 15.0 Å². The Labute approximate surface area is 305 Å². The maximum Gasteiger partial charge on any atom is 0.164 e. The van der Waals surface area contributed by atoms with E-state index in [0.717, 1.165) is 88.0 Å². The average molecular weight is 682 g/mol. The van der Waals surface area contributed by atoms with Crippen LogP contribution in [0.1, 0.15) is 12.5 Å². The third-order valence-corrected chi connectivity index (χ3v) is 9.88. The molecule has 250 valence electrons. The maximum absolute atomic E-state index is 6.58. The number of hydrogen-bond acceptors (Lipinski definition) is 5. The van der Waals surface area contributed by atoms with Gasteiger partial charge in [-0.2, -0.15) is 0 Å². The highest BCUT2D eigenvalue weighted by molar-refractivity contribution is 6.15. The number of aromatic nitrogens is 3. The molecule has 0 saturated heterocycles. The van der Waals surface area contributed by atoms with Crippen molar-refractivity contribution in [3.63, 3.8) is 0 Å². The van der Waals surface area contributed by atoms with Gasteiger partial charge in [0.2, 0.25) is 0 Å². The predicted octanol–water partition coefficient (Wildman–Crippen LogP) is 13.1. The summed E-state index contributed by atoms with van der Waals surface area (Å²) in [6.45, 7) is 2.02. The molecule has 3 aromatic heterocycles. The van der Waals surface area contributed by atoms with Crippen LogP contribution in [0.15, 0.2) is 173 Å². The zero-order chi connectivity index (χ0) is 35.3. The Morgan fingerprint density at radius 3 is 1.91 bits per heavy atom. The first-order valence-electron chi connectivity index (χ1n) is 17.7. The van der Waals surface area contributed by atoms with E-state index in [0.29, 0.717) is 17.5 Å². The minimum atomic E-state index is 0.560. The van der Waals surface area contributed by atoms with Gasteiger partial charge in [-0.05, 0) is 59.2 Å². The van der Waals surface area contributed by atoms with Crippen LogP contribution < -0.4 is 0 Å². The van der Waals surface area contributed by atoms with E-state index in [1.165, 1.54) is 0 Å². The molecule has 0 aliphatic heterocycles. The molecular formula is C48H31N3O2. The third-order valence-electron chi connectivity index (χ3n) is 9.88. The average Bonchev–Trinajstić information content (AvgIpc) is 3.79. The minimum Gasteiger partial charge on any atom is -0.456 e. The zero-order valence-electron chi connectivity index (χ0n) is 28.8. The van der Waals surface area contributed by atoms with Gasteiger partial charge in [0.25, 0.3) is 0 Å². The Bertz CT molecular complexity index is 3080. The summed E-state index contributed by atoms with van der Waals surface area (Å²) in [7, 11) is 0. The van der Waals surface area contributed by atoms with Crippen LogP contribution in [0.2, 0.25) is 0 Å². The van der Waals surface area contributed by atoms with Crippen molar-refractivity contribution in [2.75, 3.05) is 0 Å². The van der Waals surface area contributed by atoms with Gasteiger partial charge in [-0.15, -0.1) is 0 Å². The second-order valence-corrected chi connectivity index (χ2v) is 13.1. The number of fused-ring (bicyclic) bond motifs is 7. The molecule has 0 radical (unpaired) electrons. The van der Waals surface area contributed by atoms with Crippen LogP contribution in [-0.2, 0) is 0 Å². The van der Waals surface area contributed by atoms with E-state index in [9.17, 15) is 0 Å². The molecular weight excluding hydrogens is 651 g/mol. The van der Waals surface area contributed by atoms with Gasteiger partial charge in [0.1, 0.15) is 22.3 Å². The van der Waals surface area contributed by atoms with Crippen LogP contribution in [0.4, 0.5) is 0 Å². The molecule has 10 aromatic rings. The lowest BCUT2D eigenvalue weighted by atomic mass is 9.96. The fourth-order valence-corrected chi connectivity index (χ4v) is 7.43. The Hall–Kier alpha value is -7.11. The second kappa shape index (κ2) is 12.6. The molecule has 0 bridgehead atoms. The fraction of sp³-hybridized carbons (Fsp3) is 0.0208. The Kier molecular flexibility index (Phi) is 7.29. The summed E-state index contributed by atoms with van der Waals surface area (Å²) < 4.78 is 13.1. The first kappa shape index (κ1) is 30.7. The summed E-state index contributed by atoms with van der Waals surface area (Å²) >= 11 is 0. The molecule has 0 atom stereocenters.